The second-order valence-electron chi connectivity index (χ2n) is 10.6. The molecule has 3 aromatic carbocycles. The number of phenols is 1. The Balaban J connectivity index is 0.00000506. The molecule has 10 heteroatoms. The number of aromatic hydroxyl groups is 1. The summed E-state index contributed by atoms with van der Waals surface area (Å²) in [5.74, 6) is -2.30. The number of aliphatic hydroxyl groups is 2. The zero-order valence-corrected chi connectivity index (χ0v) is 26.4. The third-order valence-electron chi connectivity index (χ3n) is 7.02. The molecule has 220 valence electrons. The smallest absolute Gasteiger partial charge is 0.550 e. The van der Waals surface area contributed by atoms with Crippen molar-refractivity contribution in [2.45, 2.75) is 57.8 Å². The molecular formula is C33H34CaFN2O6+. The Bertz CT molecular complexity index is 1520. The Morgan fingerprint density at radius 3 is 2.12 bits per heavy atom. The SMILES string of the molecule is CC(C)c1c(C(=O)Nc2ccc(O)cc2)c(-c2ccccc2)c(-c2ccc(F)cc2)n1CC[C@@H](O)C[C@@H](O)CC(=O)[O-].[Ca+2]. The molecule has 8 nitrogen and oxygen atoms in total. The van der Waals surface area contributed by atoms with Crippen molar-refractivity contribution in [2.75, 3.05) is 5.32 Å². The number of carboxylic acid groups (broad SMARTS) is 1. The van der Waals surface area contributed by atoms with E-state index < -0.39 is 30.4 Å². The molecule has 1 amide bonds. The number of aliphatic carboxylic acids is 1. The minimum Gasteiger partial charge on any atom is -0.550 e. The van der Waals surface area contributed by atoms with Crippen LogP contribution in [0.15, 0.2) is 78.9 Å². The van der Waals surface area contributed by atoms with E-state index in [0.29, 0.717) is 33.8 Å². The molecule has 0 bridgehead atoms. The molecule has 0 aliphatic rings. The van der Waals surface area contributed by atoms with E-state index in [1.807, 2.05) is 48.7 Å². The summed E-state index contributed by atoms with van der Waals surface area (Å²) < 4.78 is 16.0. The molecule has 1 heterocycles. The molecule has 0 fully saturated rings. The van der Waals surface area contributed by atoms with Crippen LogP contribution in [-0.2, 0) is 11.3 Å². The number of aliphatic hydroxyl groups excluding tert-OH is 2. The van der Waals surface area contributed by atoms with Gasteiger partial charge in [-0.15, -0.1) is 0 Å². The van der Waals surface area contributed by atoms with Crippen LogP contribution in [0, 0.1) is 5.82 Å². The van der Waals surface area contributed by atoms with E-state index in [9.17, 15) is 34.4 Å². The van der Waals surface area contributed by atoms with Gasteiger partial charge in [-0.25, -0.2) is 4.39 Å². The number of nitrogens with zero attached hydrogens (tertiary/aromatic N) is 1. The van der Waals surface area contributed by atoms with E-state index in [1.165, 1.54) is 24.3 Å². The van der Waals surface area contributed by atoms with Crippen LogP contribution in [0.2, 0.25) is 0 Å². The summed E-state index contributed by atoms with van der Waals surface area (Å²) in [5, 5.41) is 44.2. The van der Waals surface area contributed by atoms with Crippen molar-refractivity contribution >= 4 is 55.3 Å². The molecule has 0 saturated heterocycles. The van der Waals surface area contributed by atoms with Crippen LogP contribution in [0.3, 0.4) is 0 Å². The van der Waals surface area contributed by atoms with Crippen molar-refractivity contribution < 1.29 is 34.4 Å². The van der Waals surface area contributed by atoms with Crippen molar-refractivity contribution in [3.8, 4) is 28.1 Å². The Morgan fingerprint density at radius 1 is 0.907 bits per heavy atom. The molecular weight excluding hydrogens is 579 g/mol. The molecule has 4 N–H and O–H groups in total. The summed E-state index contributed by atoms with van der Waals surface area (Å²) in [6.07, 6.45) is -2.88. The summed E-state index contributed by atoms with van der Waals surface area (Å²) in [6, 6.07) is 21.5. The summed E-state index contributed by atoms with van der Waals surface area (Å²) in [5.41, 5.74) is 4.30. The average molecular weight is 614 g/mol. The first-order chi connectivity index (χ1) is 20.0. The maximum atomic E-state index is 14.1. The minimum atomic E-state index is -1.41. The third-order valence-corrected chi connectivity index (χ3v) is 7.02. The summed E-state index contributed by atoms with van der Waals surface area (Å²) >= 11 is 0. The van der Waals surface area contributed by atoms with E-state index in [4.69, 9.17) is 0 Å². The Hall–Kier alpha value is -3.21. The molecule has 0 saturated carbocycles. The van der Waals surface area contributed by atoms with Gasteiger partial charge in [-0.05, 0) is 78.4 Å². The summed E-state index contributed by atoms with van der Waals surface area (Å²) in [7, 11) is 0. The van der Waals surface area contributed by atoms with Crippen LogP contribution in [0.1, 0.15) is 55.1 Å². The van der Waals surface area contributed by atoms with Gasteiger partial charge in [-0.2, -0.15) is 0 Å². The predicted molar refractivity (Wildman–Crippen MR) is 162 cm³/mol. The van der Waals surface area contributed by atoms with E-state index in [0.717, 1.165) is 5.56 Å². The van der Waals surface area contributed by atoms with Gasteiger partial charge in [0, 0.05) is 35.9 Å². The van der Waals surface area contributed by atoms with E-state index in [2.05, 4.69) is 5.32 Å². The van der Waals surface area contributed by atoms with Crippen LogP contribution in [0.25, 0.3) is 22.4 Å². The number of hydrogen-bond donors (Lipinski definition) is 4. The Kier molecular flexibility index (Phi) is 12.4. The molecule has 0 aliphatic carbocycles. The number of carbonyl (C=O) groups is 2. The van der Waals surface area contributed by atoms with Crippen LogP contribution in [0.4, 0.5) is 10.1 Å². The van der Waals surface area contributed by atoms with Gasteiger partial charge in [0.1, 0.15) is 11.6 Å². The number of nitrogens with one attached hydrogen (secondary N) is 1. The second-order valence-corrected chi connectivity index (χ2v) is 10.6. The number of aromatic nitrogens is 1. The van der Waals surface area contributed by atoms with Crippen molar-refractivity contribution in [2.24, 2.45) is 0 Å². The van der Waals surface area contributed by atoms with Gasteiger partial charge in [-0.1, -0.05) is 44.2 Å². The Labute approximate surface area is 279 Å². The van der Waals surface area contributed by atoms with E-state index in [-0.39, 0.29) is 74.7 Å². The van der Waals surface area contributed by atoms with Crippen molar-refractivity contribution in [1.82, 2.24) is 4.57 Å². The maximum Gasteiger partial charge on any atom is 2.00 e. The number of rotatable bonds is 12. The van der Waals surface area contributed by atoms with Crippen molar-refractivity contribution in [3.05, 3.63) is 95.9 Å². The fourth-order valence-electron chi connectivity index (χ4n) is 5.22. The van der Waals surface area contributed by atoms with E-state index in [1.54, 1.807) is 24.3 Å². The fraction of sp³-hybridized carbons (Fsp3) is 0.273. The molecule has 4 aromatic rings. The van der Waals surface area contributed by atoms with Crippen LogP contribution < -0.4 is 10.4 Å². The van der Waals surface area contributed by atoms with Crippen LogP contribution in [-0.4, -0.2) is 81.7 Å². The van der Waals surface area contributed by atoms with Crippen molar-refractivity contribution in [3.63, 3.8) is 0 Å². The molecule has 2 atom stereocenters. The number of amides is 1. The molecule has 4 rings (SSSR count). The molecule has 0 aliphatic heterocycles. The van der Waals surface area contributed by atoms with Gasteiger partial charge in [-0.3, -0.25) is 4.79 Å². The van der Waals surface area contributed by atoms with Crippen molar-refractivity contribution in [1.29, 1.82) is 0 Å². The predicted octanol–water partition coefficient (Wildman–Crippen LogP) is 4.30. The average Bonchev–Trinajstić information content (AvgIpc) is 3.29. The first-order valence-electron chi connectivity index (χ1n) is 13.8. The normalized spacial score (nSPS) is 12.4. The monoisotopic (exact) mass is 613 g/mol. The molecule has 0 radical (unpaired) electrons. The second kappa shape index (κ2) is 15.5. The zero-order chi connectivity index (χ0) is 30.4. The van der Waals surface area contributed by atoms with Gasteiger partial charge in [0.25, 0.3) is 5.91 Å². The number of halogens is 1. The molecule has 0 unspecified atom stereocenters. The first-order valence-corrected chi connectivity index (χ1v) is 13.8. The summed E-state index contributed by atoms with van der Waals surface area (Å²) in [6.45, 7) is 4.13. The number of anilines is 1. The maximum absolute atomic E-state index is 14.1. The van der Waals surface area contributed by atoms with Gasteiger partial charge >= 0.3 is 37.7 Å². The third kappa shape index (κ3) is 8.68. The van der Waals surface area contributed by atoms with E-state index >= 15 is 0 Å². The number of benzene rings is 3. The van der Waals surface area contributed by atoms with Crippen LogP contribution in [0.5, 0.6) is 5.75 Å². The van der Waals surface area contributed by atoms with Gasteiger partial charge in [0.05, 0.1) is 23.5 Å². The number of phenolic OH excluding ortho intramolecular Hbond substituents is 1. The molecule has 1 aromatic heterocycles. The topological polar surface area (TPSA) is 135 Å². The number of hydrogen-bond acceptors (Lipinski definition) is 6. The molecule has 43 heavy (non-hydrogen) atoms. The number of carbonyl (C=O) groups excluding carboxylic acids is 2. The minimum absolute atomic E-state index is 0. The molecule has 0 spiro atoms. The first kappa shape index (κ1) is 34.3. The van der Waals surface area contributed by atoms with Gasteiger partial charge in [0.15, 0.2) is 0 Å². The van der Waals surface area contributed by atoms with Gasteiger partial charge < -0.3 is 35.1 Å². The standard InChI is InChI=1S/C33H35FN2O6.Ca/c1-20(2)31-30(33(42)35-24-12-14-25(37)15-13-24)29(21-6-4-3-5-7-21)32(22-8-10-23(34)11-9-22)36(31)17-16-26(38)18-27(39)19-28(40)41;/h3-15,20,26-27,37-39H,16-19H2,1-2H3,(H,35,42)(H,40,41);/q;+2/p-1/t26-,27-;/m1./s1. The largest absolute Gasteiger partial charge is 2.00 e. The quantitative estimate of drug-likeness (QED) is 0.139. The zero-order valence-electron chi connectivity index (χ0n) is 24.2. The Morgan fingerprint density at radius 2 is 1.53 bits per heavy atom. The van der Waals surface area contributed by atoms with Gasteiger partial charge in [0.2, 0.25) is 0 Å². The van der Waals surface area contributed by atoms with Crippen LogP contribution >= 0.6 is 0 Å². The number of carboxylic acids is 1. The fourth-order valence-corrected chi connectivity index (χ4v) is 5.22. The summed E-state index contributed by atoms with van der Waals surface area (Å²) in [4.78, 5) is 24.9.